The van der Waals surface area contributed by atoms with Crippen molar-refractivity contribution in [2.24, 2.45) is 0 Å². The van der Waals surface area contributed by atoms with Crippen LogP contribution in [0.15, 0.2) is 12.3 Å². The summed E-state index contributed by atoms with van der Waals surface area (Å²) in [5.41, 5.74) is 1.12. The fourth-order valence-corrected chi connectivity index (χ4v) is 3.47. The highest BCUT2D eigenvalue weighted by atomic mass is 35.5. The molecule has 4 nitrogen and oxygen atoms in total. The summed E-state index contributed by atoms with van der Waals surface area (Å²) >= 11 is 6.42. The number of rotatable bonds is 3. The Morgan fingerprint density at radius 2 is 2.42 bits per heavy atom. The molecular formula is C14H20ClN3O. The first kappa shape index (κ1) is 13.2. The van der Waals surface area contributed by atoms with Gasteiger partial charge in [-0.25, -0.2) is 4.98 Å². The largest absolute Gasteiger partial charge is 0.374 e. The lowest BCUT2D eigenvalue weighted by Crippen LogP contribution is -2.49. The number of hydrogen-bond acceptors (Lipinski definition) is 4. The Kier molecular flexibility index (Phi) is 3.91. The van der Waals surface area contributed by atoms with E-state index in [-0.39, 0.29) is 0 Å². The molecule has 1 aliphatic heterocycles. The molecule has 104 valence electrons. The zero-order valence-corrected chi connectivity index (χ0v) is 12.0. The minimum Gasteiger partial charge on any atom is -0.374 e. The van der Waals surface area contributed by atoms with Crippen LogP contribution in [0.5, 0.6) is 0 Å². The normalized spacial score (nSPS) is 26.5. The van der Waals surface area contributed by atoms with Crippen molar-refractivity contribution in [1.82, 2.24) is 10.3 Å². The lowest BCUT2D eigenvalue weighted by Gasteiger charge is -2.38. The average molecular weight is 282 g/mol. The third-order valence-corrected chi connectivity index (χ3v) is 4.29. The first-order chi connectivity index (χ1) is 9.29. The van der Waals surface area contributed by atoms with Gasteiger partial charge in [-0.3, -0.25) is 0 Å². The van der Waals surface area contributed by atoms with E-state index in [2.05, 4.69) is 15.2 Å². The number of aromatic nitrogens is 1. The highest BCUT2D eigenvalue weighted by Crippen LogP contribution is 2.35. The van der Waals surface area contributed by atoms with E-state index < -0.39 is 0 Å². The molecular weight excluding hydrogens is 262 g/mol. The number of anilines is 1. The molecule has 0 spiro atoms. The maximum Gasteiger partial charge on any atom is 0.147 e. The Hall–Kier alpha value is -0.840. The minimum atomic E-state index is 0.364. The molecule has 1 saturated heterocycles. The summed E-state index contributed by atoms with van der Waals surface area (Å²) in [6.07, 6.45) is 5.86. The number of nitrogens with zero attached hydrogens (tertiary/aromatic N) is 2. The van der Waals surface area contributed by atoms with Gasteiger partial charge in [0, 0.05) is 19.3 Å². The van der Waals surface area contributed by atoms with E-state index in [0.717, 1.165) is 42.5 Å². The number of nitrogens with one attached hydrogen (secondary N) is 1. The standard InChI is InChI=1S/C14H20ClN3O/c1-16-8-10-7-11(15)14(17-9-10)18-5-6-19-13-4-2-3-12(13)18/h7,9,12-13,16H,2-6,8H2,1H3. The lowest BCUT2D eigenvalue weighted by molar-refractivity contribution is 0.0253. The van der Waals surface area contributed by atoms with Crippen LogP contribution in [0.2, 0.25) is 5.02 Å². The van der Waals surface area contributed by atoms with Crippen molar-refractivity contribution in [2.45, 2.75) is 38.0 Å². The Morgan fingerprint density at radius 1 is 1.53 bits per heavy atom. The molecule has 2 fully saturated rings. The van der Waals surface area contributed by atoms with Crippen molar-refractivity contribution in [2.75, 3.05) is 25.1 Å². The van der Waals surface area contributed by atoms with Gasteiger partial charge in [-0.2, -0.15) is 0 Å². The summed E-state index contributed by atoms with van der Waals surface area (Å²) in [5, 5.41) is 3.87. The van der Waals surface area contributed by atoms with Crippen molar-refractivity contribution in [1.29, 1.82) is 0 Å². The van der Waals surface area contributed by atoms with Crippen LogP contribution in [0.3, 0.4) is 0 Å². The van der Waals surface area contributed by atoms with Gasteiger partial charge >= 0.3 is 0 Å². The smallest absolute Gasteiger partial charge is 0.147 e. The monoisotopic (exact) mass is 281 g/mol. The molecule has 0 bridgehead atoms. The highest BCUT2D eigenvalue weighted by molar-refractivity contribution is 6.33. The van der Waals surface area contributed by atoms with Crippen molar-refractivity contribution in [3.8, 4) is 0 Å². The highest BCUT2D eigenvalue weighted by Gasteiger charge is 2.37. The molecule has 5 heteroatoms. The van der Waals surface area contributed by atoms with Crippen LogP contribution in [0, 0.1) is 0 Å². The molecule has 2 heterocycles. The average Bonchev–Trinajstić information content (AvgIpc) is 2.88. The predicted molar refractivity (Wildman–Crippen MR) is 76.7 cm³/mol. The fourth-order valence-electron chi connectivity index (χ4n) is 3.17. The van der Waals surface area contributed by atoms with Gasteiger partial charge in [0.05, 0.1) is 23.8 Å². The molecule has 1 saturated carbocycles. The molecule has 2 atom stereocenters. The van der Waals surface area contributed by atoms with Crippen LogP contribution in [0.25, 0.3) is 0 Å². The third kappa shape index (κ3) is 2.57. The Morgan fingerprint density at radius 3 is 3.21 bits per heavy atom. The Labute approximate surface area is 119 Å². The van der Waals surface area contributed by atoms with Gasteiger partial charge in [-0.15, -0.1) is 0 Å². The summed E-state index contributed by atoms with van der Waals surface area (Å²) in [6.45, 7) is 2.46. The maximum absolute atomic E-state index is 6.42. The predicted octanol–water partition coefficient (Wildman–Crippen LogP) is 2.21. The van der Waals surface area contributed by atoms with Gasteiger partial charge in [0.2, 0.25) is 0 Å². The molecule has 2 aliphatic rings. The lowest BCUT2D eigenvalue weighted by atomic mass is 10.1. The molecule has 1 aliphatic carbocycles. The number of hydrogen-bond donors (Lipinski definition) is 1. The van der Waals surface area contributed by atoms with Gasteiger partial charge < -0.3 is 15.0 Å². The van der Waals surface area contributed by atoms with E-state index in [1.165, 1.54) is 12.8 Å². The van der Waals surface area contributed by atoms with Gasteiger partial charge in [0.25, 0.3) is 0 Å². The number of fused-ring (bicyclic) bond motifs is 1. The number of halogens is 1. The molecule has 1 aromatic rings. The SMILES string of the molecule is CNCc1cnc(N2CCOC3CCCC32)c(Cl)c1. The minimum absolute atomic E-state index is 0.364. The topological polar surface area (TPSA) is 37.4 Å². The fraction of sp³-hybridized carbons (Fsp3) is 0.643. The summed E-state index contributed by atoms with van der Waals surface area (Å²) in [5.74, 6) is 0.918. The van der Waals surface area contributed by atoms with Crippen LogP contribution in [-0.2, 0) is 11.3 Å². The molecule has 1 N–H and O–H groups in total. The maximum atomic E-state index is 6.42. The second-order valence-electron chi connectivity index (χ2n) is 5.28. The molecule has 2 unspecified atom stereocenters. The molecule has 3 rings (SSSR count). The summed E-state index contributed by atoms with van der Waals surface area (Å²) in [6, 6.07) is 2.47. The van der Waals surface area contributed by atoms with Gasteiger partial charge in [0.1, 0.15) is 5.82 Å². The van der Waals surface area contributed by atoms with Crippen LogP contribution in [-0.4, -0.2) is 37.3 Å². The van der Waals surface area contributed by atoms with E-state index in [1.54, 1.807) is 0 Å². The van der Waals surface area contributed by atoms with E-state index in [0.29, 0.717) is 12.1 Å². The van der Waals surface area contributed by atoms with Crippen molar-refractivity contribution >= 4 is 17.4 Å². The zero-order chi connectivity index (χ0) is 13.2. The summed E-state index contributed by atoms with van der Waals surface area (Å²) < 4.78 is 5.83. The molecule has 0 amide bonds. The molecule has 0 aromatic carbocycles. The number of morpholine rings is 1. The molecule has 0 radical (unpaired) electrons. The number of ether oxygens (including phenoxy) is 1. The van der Waals surface area contributed by atoms with Gasteiger partial charge in [0.15, 0.2) is 0 Å². The zero-order valence-electron chi connectivity index (χ0n) is 11.2. The van der Waals surface area contributed by atoms with E-state index in [1.807, 2.05) is 19.3 Å². The summed E-state index contributed by atoms with van der Waals surface area (Å²) in [4.78, 5) is 6.92. The van der Waals surface area contributed by atoms with Crippen LogP contribution < -0.4 is 10.2 Å². The second-order valence-corrected chi connectivity index (χ2v) is 5.69. The first-order valence-corrected chi connectivity index (χ1v) is 7.34. The third-order valence-electron chi connectivity index (χ3n) is 4.01. The quantitative estimate of drug-likeness (QED) is 0.922. The van der Waals surface area contributed by atoms with E-state index >= 15 is 0 Å². The second kappa shape index (κ2) is 5.65. The van der Waals surface area contributed by atoms with Crippen molar-refractivity contribution in [3.63, 3.8) is 0 Å². The van der Waals surface area contributed by atoms with Crippen molar-refractivity contribution in [3.05, 3.63) is 22.8 Å². The van der Waals surface area contributed by atoms with E-state index in [9.17, 15) is 0 Å². The van der Waals surface area contributed by atoms with Gasteiger partial charge in [-0.1, -0.05) is 11.6 Å². The Balaban J connectivity index is 1.84. The van der Waals surface area contributed by atoms with Crippen LogP contribution in [0.4, 0.5) is 5.82 Å². The van der Waals surface area contributed by atoms with Crippen LogP contribution >= 0.6 is 11.6 Å². The Bertz CT molecular complexity index is 454. The molecule has 1 aromatic heterocycles. The molecule has 19 heavy (non-hydrogen) atoms. The number of pyridine rings is 1. The first-order valence-electron chi connectivity index (χ1n) is 6.97. The van der Waals surface area contributed by atoms with Gasteiger partial charge in [-0.05, 0) is 37.9 Å². The van der Waals surface area contributed by atoms with Crippen molar-refractivity contribution < 1.29 is 4.74 Å². The summed E-state index contributed by atoms with van der Waals surface area (Å²) in [7, 11) is 1.92. The van der Waals surface area contributed by atoms with Crippen LogP contribution in [0.1, 0.15) is 24.8 Å². The van der Waals surface area contributed by atoms with E-state index in [4.69, 9.17) is 16.3 Å².